The van der Waals surface area contributed by atoms with Crippen LogP contribution in [0.3, 0.4) is 0 Å². The van der Waals surface area contributed by atoms with E-state index in [1.165, 1.54) is 0 Å². The summed E-state index contributed by atoms with van der Waals surface area (Å²) in [4.78, 5) is 0. The minimum atomic E-state index is 0.453. The number of benzene rings is 1. The predicted octanol–water partition coefficient (Wildman–Crippen LogP) is 4.51. The molecule has 0 atom stereocenters. The van der Waals surface area contributed by atoms with Crippen LogP contribution in [0.15, 0.2) is 29.3 Å². The Morgan fingerprint density at radius 2 is 2.10 bits per heavy atom. The van der Waals surface area contributed by atoms with Gasteiger partial charge in [-0.2, -0.15) is 0 Å². The third kappa shape index (κ3) is 7.53. The molecule has 0 spiro atoms. The van der Waals surface area contributed by atoms with Crippen LogP contribution in [0, 0.1) is 5.92 Å². The predicted molar refractivity (Wildman–Crippen MR) is 92.3 cm³/mol. The molecule has 0 amide bonds. The first-order chi connectivity index (χ1) is 10.0. The fourth-order valence-electron chi connectivity index (χ4n) is 1.78. The van der Waals surface area contributed by atoms with E-state index in [2.05, 4.69) is 54.7 Å². The summed E-state index contributed by atoms with van der Waals surface area (Å²) in [7, 11) is 0. The Kier molecular flexibility index (Phi) is 8.47. The molecule has 1 aromatic carbocycles. The van der Waals surface area contributed by atoms with Gasteiger partial charge < -0.3 is 14.8 Å². The second-order valence-corrected chi connectivity index (χ2v) is 6.57. The van der Waals surface area contributed by atoms with Gasteiger partial charge in [-0.15, -0.1) is 0 Å². The highest BCUT2D eigenvalue weighted by Gasteiger charge is 2.07. The molecule has 1 N–H and O–H groups in total. The van der Waals surface area contributed by atoms with Crippen LogP contribution in [-0.2, 0) is 6.54 Å². The molecule has 3 nitrogen and oxygen atoms in total. The standard InChI is InChI=1S/C17H26BrNO2/c1-5-8-20-16-7-6-15(11-19-10-13(2)3)17(9-16)21-12-14(4)18/h6-7,9,13,19H,4-5,8,10-12H2,1-3H3. The second-order valence-electron chi connectivity index (χ2n) is 5.45. The van der Waals surface area contributed by atoms with Gasteiger partial charge in [0.25, 0.3) is 0 Å². The van der Waals surface area contributed by atoms with Crippen LogP contribution in [0.5, 0.6) is 11.5 Å². The summed E-state index contributed by atoms with van der Waals surface area (Å²) in [5, 5.41) is 3.44. The van der Waals surface area contributed by atoms with Crippen LogP contribution in [-0.4, -0.2) is 19.8 Å². The Labute approximate surface area is 136 Å². The quantitative estimate of drug-likeness (QED) is 0.669. The maximum Gasteiger partial charge on any atom is 0.128 e. The molecule has 0 aliphatic rings. The zero-order valence-electron chi connectivity index (χ0n) is 13.2. The lowest BCUT2D eigenvalue weighted by Gasteiger charge is -2.15. The number of rotatable bonds is 10. The van der Waals surface area contributed by atoms with Gasteiger partial charge in [0.2, 0.25) is 0 Å². The van der Waals surface area contributed by atoms with Crippen molar-refractivity contribution in [3.05, 3.63) is 34.8 Å². The molecule has 21 heavy (non-hydrogen) atoms. The number of hydrogen-bond acceptors (Lipinski definition) is 3. The summed E-state index contributed by atoms with van der Waals surface area (Å²) in [5.41, 5.74) is 1.13. The van der Waals surface area contributed by atoms with Crippen molar-refractivity contribution in [2.45, 2.75) is 33.7 Å². The van der Waals surface area contributed by atoms with Gasteiger partial charge in [-0.3, -0.25) is 0 Å². The van der Waals surface area contributed by atoms with E-state index in [9.17, 15) is 0 Å². The van der Waals surface area contributed by atoms with Gasteiger partial charge in [-0.25, -0.2) is 0 Å². The van der Waals surface area contributed by atoms with Crippen molar-refractivity contribution in [2.75, 3.05) is 19.8 Å². The normalized spacial score (nSPS) is 10.7. The summed E-state index contributed by atoms with van der Waals surface area (Å²) < 4.78 is 12.3. The van der Waals surface area contributed by atoms with Gasteiger partial charge in [0.05, 0.1) is 6.61 Å². The van der Waals surface area contributed by atoms with E-state index in [1.807, 2.05) is 12.1 Å². The Bertz CT molecular complexity index is 446. The van der Waals surface area contributed by atoms with Crippen LogP contribution in [0.1, 0.15) is 32.8 Å². The van der Waals surface area contributed by atoms with E-state index >= 15 is 0 Å². The monoisotopic (exact) mass is 355 g/mol. The highest BCUT2D eigenvalue weighted by molar-refractivity contribution is 9.11. The van der Waals surface area contributed by atoms with Crippen molar-refractivity contribution in [1.82, 2.24) is 5.32 Å². The van der Waals surface area contributed by atoms with Gasteiger partial charge in [0.15, 0.2) is 0 Å². The van der Waals surface area contributed by atoms with Crippen molar-refractivity contribution in [1.29, 1.82) is 0 Å². The first-order valence-electron chi connectivity index (χ1n) is 7.45. The molecular formula is C17H26BrNO2. The molecule has 0 aromatic heterocycles. The summed E-state index contributed by atoms with van der Waals surface area (Å²) in [6, 6.07) is 6.01. The maximum atomic E-state index is 5.81. The summed E-state index contributed by atoms with van der Waals surface area (Å²) in [5.74, 6) is 2.32. The largest absolute Gasteiger partial charge is 0.493 e. The average molecular weight is 356 g/mol. The topological polar surface area (TPSA) is 30.5 Å². The Balaban J connectivity index is 2.75. The summed E-state index contributed by atoms with van der Waals surface area (Å²) in [6.07, 6.45) is 0.992. The fourth-order valence-corrected chi connectivity index (χ4v) is 1.89. The highest BCUT2D eigenvalue weighted by Crippen LogP contribution is 2.26. The van der Waals surface area contributed by atoms with Gasteiger partial charge in [-0.1, -0.05) is 49.3 Å². The molecule has 1 rings (SSSR count). The molecule has 0 bridgehead atoms. The van der Waals surface area contributed by atoms with Crippen molar-refractivity contribution in [2.24, 2.45) is 5.92 Å². The molecule has 0 aliphatic heterocycles. The average Bonchev–Trinajstić information content (AvgIpc) is 2.43. The molecular weight excluding hydrogens is 330 g/mol. The lowest BCUT2D eigenvalue weighted by molar-refractivity contribution is 0.311. The molecule has 4 heteroatoms. The smallest absolute Gasteiger partial charge is 0.128 e. The molecule has 118 valence electrons. The molecule has 0 radical (unpaired) electrons. The zero-order chi connectivity index (χ0) is 15.7. The number of halogens is 1. The van der Waals surface area contributed by atoms with Crippen LogP contribution in [0.25, 0.3) is 0 Å². The number of ether oxygens (including phenoxy) is 2. The van der Waals surface area contributed by atoms with Crippen LogP contribution >= 0.6 is 15.9 Å². The third-order valence-corrected chi connectivity index (χ3v) is 2.99. The summed E-state index contributed by atoms with van der Waals surface area (Å²) in [6.45, 7) is 13.2. The molecule has 0 heterocycles. The van der Waals surface area contributed by atoms with E-state index in [4.69, 9.17) is 9.47 Å². The number of nitrogens with one attached hydrogen (secondary N) is 1. The van der Waals surface area contributed by atoms with Gasteiger partial charge in [0.1, 0.15) is 18.1 Å². The van der Waals surface area contributed by atoms with E-state index in [-0.39, 0.29) is 0 Å². The van der Waals surface area contributed by atoms with Gasteiger partial charge in [0, 0.05) is 22.7 Å². The maximum absolute atomic E-state index is 5.81. The van der Waals surface area contributed by atoms with E-state index in [0.717, 1.165) is 47.7 Å². The van der Waals surface area contributed by atoms with Crippen LogP contribution in [0.4, 0.5) is 0 Å². The Morgan fingerprint density at radius 1 is 1.33 bits per heavy atom. The van der Waals surface area contributed by atoms with E-state index < -0.39 is 0 Å². The number of hydrogen-bond donors (Lipinski definition) is 1. The molecule has 0 saturated heterocycles. The van der Waals surface area contributed by atoms with E-state index in [0.29, 0.717) is 12.5 Å². The lowest BCUT2D eigenvalue weighted by Crippen LogP contribution is -2.19. The first kappa shape index (κ1) is 18.1. The van der Waals surface area contributed by atoms with E-state index in [1.54, 1.807) is 0 Å². The molecule has 0 saturated carbocycles. The SMILES string of the molecule is C=C(Br)COc1cc(OCCC)ccc1CNCC(C)C. The van der Waals surface area contributed by atoms with Crippen LogP contribution in [0.2, 0.25) is 0 Å². The molecule has 1 aromatic rings. The summed E-state index contributed by atoms with van der Waals surface area (Å²) >= 11 is 3.32. The van der Waals surface area contributed by atoms with Crippen molar-refractivity contribution >= 4 is 15.9 Å². The van der Waals surface area contributed by atoms with Gasteiger partial charge >= 0.3 is 0 Å². The first-order valence-corrected chi connectivity index (χ1v) is 8.24. The van der Waals surface area contributed by atoms with Crippen molar-refractivity contribution in [3.8, 4) is 11.5 Å². The van der Waals surface area contributed by atoms with Crippen LogP contribution < -0.4 is 14.8 Å². The minimum Gasteiger partial charge on any atom is -0.493 e. The third-order valence-electron chi connectivity index (χ3n) is 2.76. The molecule has 0 aliphatic carbocycles. The highest BCUT2D eigenvalue weighted by atomic mass is 79.9. The fraction of sp³-hybridized carbons (Fsp3) is 0.529. The second kappa shape index (κ2) is 9.85. The molecule has 0 unspecified atom stereocenters. The van der Waals surface area contributed by atoms with Crippen molar-refractivity contribution in [3.63, 3.8) is 0 Å². The Morgan fingerprint density at radius 3 is 2.71 bits per heavy atom. The van der Waals surface area contributed by atoms with Gasteiger partial charge in [-0.05, 0) is 24.9 Å². The lowest BCUT2D eigenvalue weighted by atomic mass is 10.1. The Hall–Kier alpha value is -1.00. The zero-order valence-corrected chi connectivity index (χ0v) is 14.8. The minimum absolute atomic E-state index is 0.453. The van der Waals surface area contributed by atoms with Crippen molar-refractivity contribution < 1.29 is 9.47 Å². The molecule has 0 fully saturated rings.